The molecule has 25 heavy (non-hydrogen) atoms. The molecule has 0 bridgehead atoms. The van der Waals surface area contributed by atoms with Crippen LogP contribution in [-0.2, 0) is 11.8 Å². The maximum absolute atomic E-state index is 14.0. The topological polar surface area (TPSA) is 55.1 Å². The van der Waals surface area contributed by atoms with E-state index < -0.39 is 17.5 Å². The minimum Gasteiger partial charge on any atom is -0.444 e. The number of fused-ring (bicyclic) bond motifs is 3. The maximum Gasteiger partial charge on any atom is 0.413 e. The van der Waals surface area contributed by atoms with Gasteiger partial charge in [-0.15, -0.1) is 0 Å². The number of nitrogens with one attached hydrogen (secondary N) is 1. The first-order valence-electron chi connectivity index (χ1n) is 7.72. The van der Waals surface area contributed by atoms with Crippen LogP contribution in [0.25, 0.3) is 21.7 Å². The van der Waals surface area contributed by atoms with E-state index in [1.165, 1.54) is 6.07 Å². The van der Waals surface area contributed by atoms with Gasteiger partial charge in [0.2, 0.25) is 5.52 Å². The van der Waals surface area contributed by atoms with E-state index in [2.05, 4.69) is 10.3 Å². The molecule has 0 unspecified atom stereocenters. The summed E-state index contributed by atoms with van der Waals surface area (Å²) in [6.07, 6.45) is 2.77. The number of hydrogen-bond acceptors (Lipinski definition) is 3. The van der Waals surface area contributed by atoms with Gasteiger partial charge in [-0.25, -0.2) is 18.7 Å². The SMILES string of the molecule is C[n+]1cc2c(NC(=O)OC(C)(C)C)nccc2c2cc(F)c(Cl)cc21. The number of pyridine rings is 2. The molecule has 5 nitrogen and oxygen atoms in total. The molecule has 2 heterocycles. The summed E-state index contributed by atoms with van der Waals surface area (Å²) < 4.78 is 21.0. The third-order valence-corrected chi connectivity index (χ3v) is 3.93. The number of aryl methyl sites for hydroxylation is 1. The van der Waals surface area contributed by atoms with Crippen molar-refractivity contribution in [2.24, 2.45) is 7.05 Å². The standard InChI is InChI=1S/C18H17ClFN3O2/c1-18(2,3)25-17(24)22-16-12-9-23(4)15-8-13(19)14(20)7-11(15)10(12)5-6-21-16/h5-9H,1-4H3/p+1. The van der Waals surface area contributed by atoms with Crippen molar-refractivity contribution in [1.82, 2.24) is 4.98 Å². The normalized spacial score (nSPS) is 11.8. The summed E-state index contributed by atoms with van der Waals surface area (Å²) in [5, 5.41) is 4.82. The number of amides is 1. The quantitative estimate of drug-likeness (QED) is 0.517. The molecule has 130 valence electrons. The molecule has 1 amide bonds. The summed E-state index contributed by atoms with van der Waals surface area (Å²) in [5.41, 5.74) is 0.152. The number of ether oxygens (including phenoxy) is 1. The van der Waals surface area contributed by atoms with Crippen LogP contribution in [0.5, 0.6) is 0 Å². The van der Waals surface area contributed by atoms with E-state index in [9.17, 15) is 9.18 Å². The van der Waals surface area contributed by atoms with Crippen molar-refractivity contribution in [2.75, 3.05) is 5.32 Å². The van der Waals surface area contributed by atoms with Gasteiger partial charge in [-0.1, -0.05) is 11.6 Å². The minimum atomic E-state index is -0.619. The second kappa shape index (κ2) is 6.11. The first-order valence-corrected chi connectivity index (χ1v) is 8.09. The van der Waals surface area contributed by atoms with Gasteiger partial charge in [-0.3, -0.25) is 5.32 Å². The van der Waals surface area contributed by atoms with Crippen molar-refractivity contribution < 1.29 is 18.5 Å². The van der Waals surface area contributed by atoms with Crippen LogP contribution >= 0.6 is 11.6 Å². The minimum absolute atomic E-state index is 0.0589. The van der Waals surface area contributed by atoms with Gasteiger partial charge in [0.05, 0.1) is 15.8 Å². The highest BCUT2D eigenvalue weighted by atomic mass is 35.5. The first-order chi connectivity index (χ1) is 11.7. The molecule has 0 aliphatic rings. The molecule has 1 N–H and O–H groups in total. The molecule has 7 heteroatoms. The van der Waals surface area contributed by atoms with Crippen LogP contribution in [0.4, 0.5) is 15.0 Å². The highest BCUT2D eigenvalue weighted by molar-refractivity contribution is 6.31. The van der Waals surface area contributed by atoms with Crippen molar-refractivity contribution in [1.29, 1.82) is 0 Å². The van der Waals surface area contributed by atoms with E-state index in [1.807, 2.05) is 17.8 Å². The van der Waals surface area contributed by atoms with Crippen molar-refractivity contribution in [2.45, 2.75) is 26.4 Å². The Hall–Kier alpha value is -2.47. The Morgan fingerprint density at radius 3 is 2.68 bits per heavy atom. The van der Waals surface area contributed by atoms with Gasteiger partial charge in [0, 0.05) is 17.6 Å². The number of hydrogen-bond donors (Lipinski definition) is 1. The van der Waals surface area contributed by atoms with E-state index in [1.54, 1.807) is 39.1 Å². The summed E-state index contributed by atoms with van der Waals surface area (Å²) in [5.74, 6) is -0.153. The summed E-state index contributed by atoms with van der Waals surface area (Å²) in [7, 11) is 1.82. The Kier molecular flexibility index (Phi) is 4.24. The molecule has 0 aliphatic carbocycles. The summed E-state index contributed by atoms with van der Waals surface area (Å²) in [6.45, 7) is 5.34. The van der Waals surface area contributed by atoms with Gasteiger partial charge in [-0.05, 0) is 32.9 Å². The van der Waals surface area contributed by atoms with E-state index in [0.29, 0.717) is 16.6 Å². The average Bonchev–Trinajstić information content (AvgIpc) is 2.48. The van der Waals surface area contributed by atoms with Crippen molar-refractivity contribution >= 4 is 45.2 Å². The van der Waals surface area contributed by atoms with Crippen LogP contribution in [0.2, 0.25) is 5.02 Å². The average molecular weight is 363 g/mol. The highest BCUT2D eigenvalue weighted by Gasteiger charge is 2.20. The number of aromatic nitrogens is 2. The Bertz CT molecular complexity index is 999. The van der Waals surface area contributed by atoms with Crippen molar-refractivity contribution in [3.05, 3.63) is 41.4 Å². The molecule has 0 saturated carbocycles. The fraction of sp³-hybridized carbons (Fsp3) is 0.278. The predicted octanol–water partition coefficient (Wildman–Crippen LogP) is 4.35. The fourth-order valence-electron chi connectivity index (χ4n) is 2.65. The van der Waals surface area contributed by atoms with E-state index in [0.717, 1.165) is 10.9 Å². The third-order valence-electron chi connectivity index (χ3n) is 3.64. The first kappa shape index (κ1) is 17.4. The third kappa shape index (κ3) is 3.49. The maximum atomic E-state index is 14.0. The lowest BCUT2D eigenvalue weighted by Crippen LogP contribution is -2.30. The van der Waals surface area contributed by atoms with Gasteiger partial charge in [0.25, 0.3) is 0 Å². The number of anilines is 1. The van der Waals surface area contributed by atoms with Crippen molar-refractivity contribution in [3.8, 4) is 0 Å². The number of carbonyl (C=O) groups is 1. The summed E-state index contributed by atoms with van der Waals surface area (Å²) >= 11 is 5.90. The summed E-state index contributed by atoms with van der Waals surface area (Å²) in [4.78, 5) is 16.3. The van der Waals surface area contributed by atoms with Gasteiger partial charge in [-0.2, -0.15) is 0 Å². The molecular formula is C18H18ClFN3O2+. The Balaban J connectivity index is 2.16. The molecular weight excluding hydrogens is 345 g/mol. The number of nitrogens with zero attached hydrogens (tertiary/aromatic N) is 2. The fourth-order valence-corrected chi connectivity index (χ4v) is 2.80. The van der Waals surface area contributed by atoms with E-state index in [-0.39, 0.29) is 5.02 Å². The second-order valence-electron chi connectivity index (χ2n) is 6.77. The molecule has 0 aliphatic heterocycles. The smallest absolute Gasteiger partial charge is 0.413 e. The number of halogens is 2. The number of carbonyl (C=O) groups excluding carboxylic acids is 1. The molecule has 0 spiro atoms. The van der Waals surface area contributed by atoms with Gasteiger partial charge in [0.15, 0.2) is 6.20 Å². The monoisotopic (exact) mass is 362 g/mol. The predicted molar refractivity (Wildman–Crippen MR) is 95.2 cm³/mol. The molecule has 0 fully saturated rings. The zero-order chi connectivity index (χ0) is 18.4. The van der Waals surface area contributed by atoms with E-state index in [4.69, 9.17) is 16.3 Å². The largest absolute Gasteiger partial charge is 0.444 e. The zero-order valence-electron chi connectivity index (χ0n) is 14.4. The molecule has 3 rings (SSSR count). The molecule has 0 saturated heterocycles. The lowest BCUT2D eigenvalue weighted by atomic mass is 10.1. The number of benzene rings is 1. The Labute approximate surface area is 149 Å². The van der Waals surface area contributed by atoms with Crippen LogP contribution in [0.15, 0.2) is 30.6 Å². The Morgan fingerprint density at radius 1 is 1.28 bits per heavy atom. The molecule has 3 aromatic rings. The highest BCUT2D eigenvalue weighted by Crippen LogP contribution is 2.29. The number of rotatable bonds is 1. The zero-order valence-corrected chi connectivity index (χ0v) is 15.1. The van der Waals surface area contributed by atoms with Gasteiger partial charge in [0.1, 0.15) is 24.3 Å². The van der Waals surface area contributed by atoms with Crippen LogP contribution in [0.3, 0.4) is 0 Å². The lowest BCUT2D eigenvalue weighted by Gasteiger charge is -2.19. The van der Waals surface area contributed by atoms with Crippen LogP contribution in [0.1, 0.15) is 20.8 Å². The molecule has 1 aromatic carbocycles. The molecule has 0 radical (unpaired) electrons. The van der Waals surface area contributed by atoms with Crippen molar-refractivity contribution in [3.63, 3.8) is 0 Å². The Morgan fingerprint density at radius 2 is 2.00 bits per heavy atom. The molecule has 0 atom stereocenters. The van der Waals surface area contributed by atoms with E-state index >= 15 is 0 Å². The summed E-state index contributed by atoms with van der Waals surface area (Å²) in [6, 6.07) is 4.73. The second-order valence-corrected chi connectivity index (χ2v) is 7.18. The molecule has 2 aromatic heterocycles. The van der Waals surface area contributed by atoms with Crippen LogP contribution < -0.4 is 9.88 Å². The van der Waals surface area contributed by atoms with Crippen LogP contribution in [-0.4, -0.2) is 16.7 Å². The van der Waals surface area contributed by atoms with Gasteiger partial charge < -0.3 is 4.74 Å². The van der Waals surface area contributed by atoms with Crippen LogP contribution in [0, 0.1) is 5.82 Å². The lowest BCUT2D eigenvalue weighted by molar-refractivity contribution is -0.643. The van der Waals surface area contributed by atoms with Gasteiger partial charge >= 0.3 is 6.09 Å².